The maximum atomic E-state index is 3.75. The summed E-state index contributed by atoms with van der Waals surface area (Å²) in [5.41, 5.74) is 1.71. The minimum Gasteiger partial charge on any atom is -0.309 e. The Labute approximate surface area is 122 Å². The lowest BCUT2D eigenvalue weighted by Crippen LogP contribution is -2.53. The molecule has 0 radical (unpaired) electrons. The van der Waals surface area contributed by atoms with Crippen LogP contribution in [0.15, 0.2) is 11.4 Å². The van der Waals surface area contributed by atoms with E-state index in [9.17, 15) is 0 Å². The molecule has 1 aromatic heterocycles. The maximum Gasteiger partial charge on any atom is 0.0512 e. The molecule has 19 heavy (non-hydrogen) atoms. The molecule has 108 valence electrons. The van der Waals surface area contributed by atoms with Gasteiger partial charge >= 0.3 is 0 Å². The van der Waals surface area contributed by atoms with Gasteiger partial charge < -0.3 is 5.32 Å². The predicted molar refractivity (Wildman–Crippen MR) is 85.0 cm³/mol. The van der Waals surface area contributed by atoms with Crippen LogP contribution >= 0.6 is 11.3 Å². The highest BCUT2D eigenvalue weighted by Gasteiger charge is 2.40. The maximum absolute atomic E-state index is 3.75. The first-order valence-electron chi connectivity index (χ1n) is 7.65. The van der Waals surface area contributed by atoms with Crippen LogP contribution in [0.4, 0.5) is 0 Å². The summed E-state index contributed by atoms with van der Waals surface area (Å²) in [5, 5.41) is 6.09. The van der Waals surface area contributed by atoms with Crippen molar-refractivity contribution in [2.24, 2.45) is 0 Å². The number of thiophene rings is 1. The summed E-state index contributed by atoms with van der Waals surface area (Å²) in [4.78, 5) is 4.12. The minimum absolute atomic E-state index is 0.236. The van der Waals surface area contributed by atoms with Crippen LogP contribution in [0.3, 0.4) is 0 Å². The van der Waals surface area contributed by atoms with Gasteiger partial charge in [-0.2, -0.15) is 0 Å². The zero-order valence-electron chi connectivity index (χ0n) is 12.8. The van der Waals surface area contributed by atoms with Gasteiger partial charge in [-0.05, 0) is 69.8 Å². The van der Waals surface area contributed by atoms with Gasteiger partial charge in [0.25, 0.3) is 0 Å². The highest BCUT2D eigenvalue weighted by molar-refractivity contribution is 7.10. The van der Waals surface area contributed by atoms with Gasteiger partial charge in [0.2, 0.25) is 0 Å². The molecule has 2 atom stereocenters. The van der Waals surface area contributed by atoms with Crippen LogP contribution < -0.4 is 5.32 Å². The Morgan fingerprint density at radius 3 is 2.53 bits per heavy atom. The number of nitrogens with zero attached hydrogens (tertiary/aromatic N) is 1. The van der Waals surface area contributed by atoms with Crippen molar-refractivity contribution < 1.29 is 0 Å². The number of aryl methyl sites for hydroxylation is 1. The number of hydrogen-bond acceptors (Lipinski definition) is 3. The van der Waals surface area contributed by atoms with E-state index in [0.29, 0.717) is 6.04 Å². The van der Waals surface area contributed by atoms with Crippen molar-refractivity contribution in [1.82, 2.24) is 10.2 Å². The largest absolute Gasteiger partial charge is 0.309 e. The van der Waals surface area contributed by atoms with Crippen LogP contribution in [-0.4, -0.2) is 30.1 Å². The molecule has 0 saturated carbocycles. The predicted octanol–water partition coefficient (Wildman–Crippen LogP) is 3.97. The highest BCUT2D eigenvalue weighted by atomic mass is 32.1. The van der Waals surface area contributed by atoms with Gasteiger partial charge in [0, 0.05) is 10.4 Å². The van der Waals surface area contributed by atoms with Crippen LogP contribution in [0, 0.1) is 6.92 Å². The lowest BCUT2D eigenvalue weighted by molar-refractivity contribution is 0.0848. The zero-order valence-corrected chi connectivity index (χ0v) is 13.6. The van der Waals surface area contributed by atoms with E-state index < -0.39 is 0 Å². The normalized spacial score (nSPS) is 21.5. The van der Waals surface area contributed by atoms with Crippen LogP contribution in [-0.2, 0) is 0 Å². The number of rotatable bonds is 6. The zero-order chi connectivity index (χ0) is 13.9. The third-order valence-corrected chi connectivity index (χ3v) is 5.54. The molecule has 3 heteroatoms. The first-order valence-corrected chi connectivity index (χ1v) is 8.53. The van der Waals surface area contributed by atoms with Crippen molar-refractivity contribution in [1.29, 1.82) is 0 Å². The van der Waals surface area contributed by atoms with Crippen LogP contribution in [0.5, 0.6) is 0 Å². The Kier molecular flexibility index (Phi) is 5.04. The summed E-state index contributed by atoms with van der Waals surface area (Å²) in [7, 11) is 0. The van der Waals surface area contributed by atoms with E-state index >= 15 is 0 Å². The fraction of sp³-hybridized carbons (Fsp3) is 0.750. The van der Waals surface area contributed by atoms with Gasteiger partial charge in [0.15, 0.2) is 0 Å². The van der Waals surface area contributed by atoms with Crippen molar-refractivity contribution in [2.75, 3.05) is 19.6 Å². The minimum atomic E-state index is 0.236. The van der Waals surface area contributed by atoms with Gasteiger partial charge in [-0.25, -0.2) is 0 Å². The van der Waals surface area contributed by atoms with Crippen LogP contribution in [0.1, 0.15) is 56.5 Å². The van der Waals surface area contributed by atoms with E-state index in [2.05, 4.69) is 49.4 Å². The molecule has 0 amide bonds. The quantitative estimate of drug-likeness (QED) is 0.848. The lowest BCUT2D eigenvalue weighted by Gasteiger charge is -2.45. The molecule has 1 fully saturated rings. The summed E-state index contributed by atoms with van der Waals surface area (Å²) in [5.74, 6) is 0. The molecule has 2 unspecified atom stereocenters. The summed E-state index contributed by atoms with van der Waals surface area (Å²) in [6.07, 6.45) is 3.91. The molecule has 0 spiro atoms. The molecule has 0 bridgehead atoms. The molecule has 2 heterocycles. The molecule has 1 aliphatic heterocycles. The number of hydrogen-bond donors (Lipinski definition) is 1. The summed E-state index contributed by atoms with van der Waals surface area (Å²) in [6.45, 7) is 12.7. The molecule has 0 aromatic carbocycles. The van der Waals surface area contributed by atoms with Gasteiger partial charge in [-0.1, -0.05) is 13.8 Å². The monoisotopic (exact) mass is 280 g/mol. The Morgan fingerprint density at radius 1 is 1.37 bits per heavy atom. The second kappa shape index (κ2) is 6.38. The van der Waals surface area contributed by atoms with Crippen molar-refractivity contribution in [3.63, 3.8) is 0 Å². The molecule has 1 N–H and O–H groups in total. The summed E-state index contributed by atoms with van der Waals surface area (Å²) in [6, 6.07) is 2.81. The lowest BCUT2D eigenvalue weighted by atomic mass is 9.84. The molecule has 1 aromatic rings. The van der Waals surface area contributed by atoms with E-state index in [1.807, 2.05) is 11.3 Å². The SMILES string of the molecule is CCNC(c1csc(C)c1)C(C)(CC)N1CCCC1. The Hall–Kier alpha value is -0.380. The van der Waals surface area contributed by atoms with E-state index in [1.54, 1.807) is 0 Å². The molecular weight excluding hydrogens is 252 g/mol. The molecule has 1 aliphatic rings. The standard InChI is InChI=1S/C16H28N2S/c1-5-16(4,18-9-7-8-10-18)15(17-6-2)14-11-13(3)19-12-14/h11-12,15,17H,5-10H2,1-4H3. The fourth-order valence-corrected chi connectivity index (χ4v) is 4.08. The second-order valence-corrected chi connectivity index (χ2v) is 7.00. The number of likely N-dealkylation sites (tertiary alicyclic amines) is 1. The average molecular weight is 280 g/mol. The van der Waals surface area contributed by atoms with Gasteiger partial charge in [0.05, 0.1) is 6.04 Å². The first kappa shape index (κ1) is 15.0. The van der Waals surface area contributed by atoms with Gasteiger partial charge in [-0.3, -0.25) is 4.90 Å². The van der Waals surface area contributed by atoms with E-state index in [-0.39, 0.29) is 5.54 Å². The average Bonchev–Trinajstić information content (AvgIpc) is 3.06. The third-order valence-electron chi connectivity index (χ3n) is 4.66. The fourth-order valence-electron chi connectivity index (χ4n) is 3.35. The molecule has 1 saturated heterocycles. The Bertz CT molecular complexity index is 395. The van der Waals surface area contributed by atoms with Gasteiger partial charge in [-0.15, -0.1) is 11.3 Å². The Morgan fingerprint density at radius 2 is 2.05 bits per heavy atom. The summed E-state index contributed by atoms with van der Waals surface area (Å²) >= 11 is 1.87. The summed E-state index contributed by atoms with van der Waals surface area (Å²) < 4.78 is 0. The Balaban J connectivity index is 2.29. The number of nitrogens with one attached hydrogen (secondary N) is 1. The van der Waals surface area contributed by atoms with E-state index in [1.165, 1.54) is 42.8 Å². The van der Waals surface area contributed by atoms with Crippen molar-refractivity contribution in [3.05, 3.63) is 21.9 Å². The van der Waals surface area contributed by atoms with Crippen molar-refractivity contribution in [3.8, 4) is 0 Å². The molecule has 0 aliphatic carbocycles. The number of likely N-dealkylation sites (N-methyl/N-ethyl adjacent to an activating group) is 1. The smallest absolute Gasteiger partial charge is 0.0512 e. The topological polar surface area (TPSA) is 15.3 Å². The van der Waals surface area contributed by atoms with Crippen LogP contribution in [0.25, 0.3) is 0 Å². The van der Waals surface area contributed by atoms with Crippen molar-refractivity contribution >= 4 is 11.3 Å². The highest BCUT2D eigenvalue weighted by Crippen LogP contribution is 2.37. The third kappa shape index (κ3) is 3.04. The van der Waals surface area contributed by atoms with Gasteiger partial charge in [0.1, 0.15) is 0 Å². The first-order chi connectivity index (χ1) is 9.11. The van der Waals surface area contributed by atoms with E-state index in [0.717, 1.165) is 6.54 Å². The van der Waals surface area contributed by atoms with E-state index in [4.69, 9.17) is 0 Å². The van der Waals surface area contributed by atoms with Crippen molar-refractivity contribution in [2.45, 2.75) is 58.5 Å². The molecule has 2 rings (SSSR count). The van der Waals surface area contributed by atoms with Crippen LogP contribution in [0.2, 0.25) is 0 Å². The molecular formula is C16H28N2S. The molecule has 2 nitrogen and oxygen atoms in total. The second-order valence-electron chi connectivity index (χ2n) is 5.89.